The fourth-order valence-corrected chi connectivity index (χ4v) is 3.94. The van der Waals surface area contributed by atoms with Gasteiger partial charge in [0.1, 0.15) is 5.82 Å². The third-order valence-corrected chi connectivity index (χ3v) is 5.17. The van der Waals surface area contributed by atoms with Gasteiger partial charge < -0.3 is 10.2 Å². The van der Waals surface area contributed by atoms with E-state index in [1.165, 1.54) is 62.4 Å². The number of pyridine rings is 1. The van der Waals surface area contributed by atoms with Crippen molar-refractivity contribution in [3.63, 3.8) is 0 Å². The maximum absolute atomic E-state index is 4.62. The van der Waals surface area contributed by atoms with Crippen molar-refractivity contribution in [1.82, 2.24) is 4.98 Å². The normalized spacial score (nSPS) is 24.2. The van der Waals surface area contributed by atoms with Crippen LogP contribution in [0.15, 0.2) is 18.3 Å². The largest absolute Gasteiger partial charge is 0.380 e. The molecule has 0 bridgehead atoms. The molecule has 1 aromatic heterocycles. The van der Waals surface area contributed by atoms with E-state index >= 15 is 0 Å². The molecule has 3 heterocycles. The number of hydrogen-bond acceptors (Lipinski definition) is 4. The molecule has 1 aromatic rings. The lowest BCUT2D eigenvalue weighted by atomic mass is 10.1. The second-order valence-electron chi connectivity index (χ2n) is 5.51. The predicted molar refractivity (Wildman–Crippen MR) is 84.3 cm³/mol. The molecule has 0 saturated carbocycles. The molecule has 0 aromatic carbocycles. The van der Waals surface area contributed by atoms with Crippen LogP contribution in [0.2, 0.25) is 0 Å². The Hall–Kier alpha value is -0.900. The van der Waals surface area contributed by atoms with Crippen LogP contribution in [-0.4, -0.2) is 35.6 Å². The molecular formula is C15H23N3S. The van der Waals surface area contributed by atoms with Crippen LogP contribution in [0.5, 0.6) is 0 Å². The highest BCUT2D eigenvalue weighted by Crippen LogP contribution is 2.22. The van der Waals surface area contributed by atoms with Crippen LogP contribution in [0.3, 0.4) is 0 Å². The van der Waals surface area contributed by atoms with Gasteiger partial charge in [-0.05, 0) is 50.0 Å². The zero-order valence-corrected chi connectivity index (χ0v) is 12.3. The lowest BCUT2D eigenvalue weighted by molar-refractivity contribution is 0.573. The second-order valence-corrected chi connectivity index (χ2v) is 6.66. The highest BCUT2D eigenvalue weighted by molar-refractivity contribution is 7.99. The predicted octanol–water partition coefficient (Wildman–Crippen LogP) is 3.38. The van der Waals surface area contributed by atoms with Crippen molar-refractivity contribution >= 4 is 23.3 Å². The van der Waals surface area contributed by atoms with Gasteiger partial charge in [0.25, 0.3) is 0 Å². The standard InChI is InChI=1S/C15H23N3S/c1-2-8-18(9-3-1)15-7-6-13(11-16-15)17-14-5-4-10-19-12-14/h6-7,11,14,17H,1-5,8-10,12H2. The van der Waals surface area contributed by atoms with E-state index in [2.05, 4.69) is 39.1 Å². The fourth-order valence-electron chi connectivity index (χ4n) is 2.87. The molecule has 3 rings (SSSR count). The Kier molecular flexibility index (Phi) is 4.49. The zero-order valence-electron chi connectivity index (χ0n) is 11.5. The summed E-state index contributed by atoms with van der Waals surface area (Å²) < 4.78 is 0. The summed E-state index contributed by atoms with van der Waals surface area (Å²) in [6.07, 6.45) is 8.61. The number of anilines is 2. The Morgan fingerprint density at radius 2 is 2.05 bits per heavy atom. The fraction of sp³-hybridized carbons (Fsp3) is 0.667. The van der Waals surface area contributed by atoms with E-state index in [9.17, 15) is 0 Å². The molecule has 2 saturated heterocycles. The number of aromatic nitrogens is 1. The van der Waals surface area contributed by atoms with Gasteiger partial charge in [-0.2, -0.15) is 11.8 Å². The Labute approximate surface area is 120 Å². The molecule has 4 heteroatoms. The topological polar surface area (TPSA) is 28.2 Å². The van der Waals surface area contributed by atoms with E-state index < -0.39 is 0 Å². The maximum Gasteiger partial charge on any atom is 0.128 e. The number of hydrogen-bond donors (Lipinski definition) is 1. The quantitative estimate of drug-likeness (QED) is 0.917. The number of piperidine rings is 1. The summed E-state index contributed by atoms with van der Waals surface area (Å²) in [6.45, 7) is 2.33. The molecule has 1 unspecified atom stereocenters. The first-order chi connectivity index (χ1) is 9.42. The van der Waals surface area contributed by atoms with E-state index in [4.69, 9.17) is 0 Å². The summed E-state index contributed by atoms with van der Waals surface area (Å²) in [5.74, 6) is 3.70. The van der Waals surface area contributed by atoms with E-state index in [1.54, 1.807) is 0 Å². The summed E-state index contributed by atoms with van der Waals surface area (Å²) in [5, 5.41) is 3.61. The average Bonchev–Trinajstić information content (AvgIpc) is 2.50. The molecule has 104 valence electrons. The molecule has 0 aliphatic carbocycles. The molecule has 2 aliphatic rings. The van der Waals surface area contributed by atoms with Crippen molar-refractivity contribution in [3.8, 4) is 0 Å². The van der Waals surface area contributed by atoms with Gasteiger partial charge >= 0.3 is 0 Å². The number of thioether (sulfide) groups is 1. The SMILES string of the molecule is c1cc(N2CCCCC2)ncc1NC1CCCSC1. The van der Waals surface area contributed by atoms with Crippen LogP contribution in [0.25, 0.3) is 0 Å². The molecule has 1 atom stereocenters. The molecule has 2 aliphatic heterocycles. The van der Waals surface area contributed by atoms with Gasteiger partial charge in [0, 0.05) is 24.9 Å². The van der Waals surface area contributed by atoms with Gasteiger partial charge in [-0.3, -0.25) is 0 Å². The van der Waals surface area contributed by atoms with Crippen molar-refractivity contribution in [2.75, 3.05) is 34.8 Å². The molecule has 2 fully saturated rings. The summed E-state index contributed by atoms with van der Waals surface area (Å²) in [5.41, 5.74) is 1.17. The first-order valence-corrected chi connectivity index (χ1v) is 8.62. The molecule has 19 heavy (non-hydrogen) atoms. The van der Waals surface area contributed by atoms with Crippen LogP contribution < -0.4 is 10.2 Å². The third kappa shape index (κ3) is 3.56. The van der Waals surface area contributed by atoms with Crippen molar-refractivity contribution < 1.29 is 0 Å². The van der Waals surface area contributed by atoms with Crippen LogP contribution in [0, 0.1) is 0 Å². The number of nitrogens with one attached hydrogen (secondary N) is 1. The first-order valence-electron chi connectivity index (χ1n) is 7.47. The summed E-state index contributed by atoms with van der Waals surface area (Å²) in [6, 6.07) is 4.99. The van der Waals surface area contributed by atoms with Gasteiger partial charge in [0.2, 0.25) is 0 Å². The monoisotopic (exact) mass is 277 g/mol. The summed E-state index contributed by atoms with van der Waals surface area (Å²) in [4.78, 5) is 7.03. The van der Waals surface area contributed by atoms with Crippen LogP contribution in [-0.2, 0) is 0 Å². The first kappa shape index (κ1) is 13.1. The lowest BCUT2D eigenvalue weighted by Gasteiger charge is -2.28. The third-order valence-electron chi connectivity index (χ3n) is 3.96. The van der Waals surface area contributed by atoms with E-state index in [-0.39, 0.29) is 0 Å². The lowest BCUT2D eigenvalue weighted by Crippen LogP contribution is -2.30. The maximum atomic E-state index is 4.62. The minimum Gasteiger partial charge on any atom is -0.380 e. The van der Waals surface area contributed by atoms with Crippen molar-refractivity contribution in [2.45, 2.75) is 38.1 Å². The van der Waals surface area contributed by atoms with Gasteiger partial charge in [-0.1, -0.05) is 0 Å². The molecule has 0 spiro atoms. The smallest absolute Gasteiger partial charge is 0.128 e. The van der Waals surface area contributed by atoms with Crippen LogP contribution in [0.4, 0.5) is 11.5 Å². The zero-order chi connectivity index (χ0) is 12.9. The minimum absolute atomic E-state index is 0.626. The summed E-state index contributed by atoms with van der Waals surface area (Å²) in [7, 11) is 0. The number of nitrogens with zero attached hydrogens (tertiary/aromatic N) is 2. The van der Waals surface area contributed by atoms with E-state index in [1.807, 2.05) is 6.20 Å². The molecule has 3 nitrogen and oxygen atoms in total. The van der Waals surface area contributed by atoms with Crippen LogP contribution >= 0.6 is 11.8 Å². The Balaban J connectivity index is 1.58. The van der Waals surface area contributed by atoms with Gasteiger partial charge in [0.05, 0.1) is 11.9 Å². The molecule has 0 amide bonds. The Bertz CT molecular complexity index is 381. The van der Waals surface area contributed by atoms with E-state index in [0.717, 1.165) is 5.82 Å². The van der Waals surface area contributed by atoms with Gasteiger partial charge in [-0.25, -0.2) is 4.98 Å². The van der Waals surface area contributed by atoms with E-state index in [0.29, 0.717) is 6.04 Å². The Morgan fingerprint density at radius 3 is 2.74 bits per heavy atom. The van der Waals surface area contributed by atoms with Crippen LogP contribution in [0.1, 0.15) is 32.1 Å². The Morgan fingerprint density at radius 1 is 1.16 bits per heavy atom. The average molecular weight is 277 g/mol. The van der Waals surface area contributed by atoms with Crippen molar-refractivity contribution in [2.24, 2.45) is 0 Å². The second kappa shape index (κ2) is 6.51. The highest BCUT2D eigenvalue weighted by atomic mass is 32.2. The van der Waals surface area contributed by atoms with Gasteiger partial charge in [-0.15, -0.1) is 0 Å². The highest BCUT2D eigenvalue weighted by Gasteiger charge is 2.14. The number of rotatable bonds is 3. The summed E-state index contributed by atoms with van der Waals surface area (Å²) >= 11 is 2.06. The van der Waals surface area contributed by atoms with Crippen molar-refractivity contribution in [1.29, 1.82) is 0 Å². The molecular weight excluding hydrogens is 254 g/mol. The van der Waals surface area contributed by atoms with Crippen molar-refractivity contribution in [3.05, 3.63) is 18.3 Å². The minimum atomic E-state index is 0.626. The van der Waals surface area contributed by atoms with Gasteiger partial charge in [0.15, 0.2) is 0 Å². The molecule has 0 radical (unpaired) electrons. The molecule has 1 N–H and O–H groups in total.